The summed E-state index contributed by atoms with van der Waals surface area (Å²) in [6, 6.07) is 0. The van der Waals surface area contributed by atoms with Crippen LogP contribution in [0.3, 0.4) is 0 Å². The molecule has 0 heterocycles. The Bertz CT molecular complexity index is 300. The van der Waals surface area contributed by atoms with Crippen LogP contribution in [0.2, 0.25) is 0 Å². The Labute approximate surface area is 123 Å². The van der Waals surface area contributed by atoms with Gasteiger partial charge in [0.15, 0.2) is 0 Å². The minimum Gasteiger partial charge on any atom is -0.227 e. The number of allylic oxidation sites excluding steroid dienone is 1. The molecule has 0 saturated heterocycles. The van der Waals surface area contributed by atoms with Gasteiger partial charge in [0.05, 0.1) is 11.2 Å². The van der Waals surface area contributed by atoms with Crippen LogP contribution in [0.15, 0.2) is 12.2 Å². The molecular weight excluding hydrogens is 256 g/mol. The zero-order valence-corrected chi connectivity index (χ0v) is 13.8. The molecule has 0 aromatic rings. The Morgan fingerprint density at radius 1 is 0.950 bits per heavy atom. The topological polar surface area (TPSA) is 36.9 Å². The fraction of sp³-hybridized carbons (Fsp3) is 0.875. The lowest BCUT2D eigenvalue weighted by molar-refractivity contribution is -0.531. The number of rotatable bonds is 8. The molecule has 1 aliphatic carbocycles. The average Bonchev–Trinajstić information content (AvgIpc) is 2.45. The first-order valence-electron chi connectivity index (χ1n) is 7.65. The van der Waals surface area contributed by atoms with Gasteiger partial charge >= 0.3 is 0 Å². The van der Waals surface area contributed by atoms with E-state index in [0.717, 1.165) is 32.1 Å². The summed E-state index contributed by atoms with van der Waals surface area (Å²) in [5.41, 5.74) is -0.691. The second kappa shape index (κ2) is 7.03. The average molecular weight is 286 g/mol. The van der Waals surface area contributed by atoms with Crippen molar-refractivity contribution >= 4 is 0 Å². The summed E-state index contributed by atoms with van der Waals surface area (Å²) >= 11 is 0. The summed E-state index contributed by atoms with van der Waals surface area (Å²) in [5.74, 6) is -0.933. The van der Waals surface area contributed by atoms with E-state index < -0.39 is 5.79 Å². The van der Waals surface area contributed by atoms with Crippen molar-refractivity contribution in [2.75, 3.05) is 0 Å². The maximum Gasteiger partial charge on any atom is 0.252 e. The van der Waals surface area contributed by atoms with Gasteiger partial charge in [0.25, 0.3) is 5.79 Å². The van der Waals surface area contributed by atoms with Crippen molar-refractivity contribution in [3.8, 4) is 0 Å². The van der Waals surface area contributed by atoms with Gasteiger partial charge < -0.3 is 0 Å². The molecule has 0 saturated carbocycles. The van der Waals surface area contributed by atoms with E-state index in [0.29, 0.717) is 0 Å². The molecule has 0 N–H and O–H groups in total. The van der Waals surface area contributed by atoms with Crippen molar-refractivity contribution in [3.05, 3.63) is 12.2 Å². The van der Waals surface area contributed by atoms with Crippen molar-refractivity contribution in [2.24, 2.45) is 0 Å². The third kappa shape index (κ3) is 5.52. The first kappa shape index (κ1) is 17.6. The molecule has 0 fully saturated rings. The SMILES string of the molecule is CCC(C)(C)OOC1(OOC(C)(C)CC)C=CCCC1. The Morgan fingerprint density at radius 2 is 1.45 bits per heavy atom. The standard InChI is InChI=1S/C16H30O4/c1-7-14(3,4)17-19-16(12-10-9-11-13-16)20-18-15(5,6)8-2/h10,12H,7-9,11,13H2,1-6H3. The second-order valence-electron chi connectivity index (χ2n) is 6.67. The molecule has 0 aromatic heterocycles. The molecule has 0 spiro atoms. The van der Waals surface area contributed by atoms with E-state index in [2.05, 4.69) is 13.8 Å². The molecule has 0 aromatic carbocycles. The summed E-state index contributed by atoms with van der Waals surface area (Å²) in [6.07, 6.45) is 8.40. The minimum atomic E-state index is -0.933. The van der Waals surface area contributed by atoms with Crippen molar-refractivity contribution < 1.29 is 19.6 Å². The molecule has 0 amide bonds. The van der Waals surface area contributed by atoms with Gasteiger partial charge in [-0.2, -0.15) is 9.78 Å². The van der Waals surface area contributed by atoms with Gasteiger partial charge in [0.1, 0.15) is 0 Å². The van der Waals surface area contributed by atoms with Gasteiger partial charge in [0.2, 0.25) is 0 Å². The third-order valence-electron chi connectivity index (χ3n) is 3.79. The molecule has 1 rings (SSSR count). The highest BCUT2D eigenvalue weighted by Gasteiger charge is 2.37. The summed E-state index contributed by atoms with van der Waals surface area (Å²) < 4.78 is 0. The minimum absolute atomic E-state index is 0.345. The first-order chi connectivity index (χ1) is 9.24. The molecule has 118 valence electrons. The van der Waals surface area contributed by atoms with Crippen LogP contribution in [-0.2, 0) is 19.6 Å². The predicted octanol–water partition coefficient (Wildman–Crippen LogP) is 4.70. The van der Waals surface area contributed by atoms with Crippen molar-refractivity contribution in [3.63, 3.8) is 0 Å². The van der Waals surface area contributed by atoms with E-state index in [1.54, 1.807) is 0 Å². The second-order valence-corrected chi connectivity index (χ2v) is 6.67. The fourth-order valence-electron chi connectivity index (χ4n) is 1.45. The largest absolute Gasteiger partial charge is 0.252 e. The molecule has 0 radical (unpaired) electrons. The van der Waals surface area contributed by atoms with Gasteiger partial charge in [0, 0.05) is 6.42 Å². The molecular formula is C16H30O4. The molecule has 0 aliphatic heterocycles. The monoisotopic (exact) mass is 286 g/mol. The highest BCUT2D eigenvalue weighted by Crippen LogP contribution is 2.32. The highest BCUT2D eigenvalue weighted by atomic mass is 17.3. The summed E-state index contributed by atoms with van der Waals surface area (Å²) in [7, 11) is 0. The normalized spacial score (nSPS) is 19.3. The van der Waals surface area contributed by atoms with Crippen molar-refractivity contribution in [1.29, 1.82) is 0 Å². The Hall–Kier alpha value is -0.420. The van der Waals surface area contributed by atoms with Crippen LogP contribution in [-0.4, -0.2) is 17.0 Å². The number of hydrogen-bond donors (Lipinski definition) is 0. The molecule has 4 heteroatoms. The van der Waals surface area contributed by atoms with E-state index >= 15 is 0 Å². The van der Waals surface area contributed by atoms with Crippen LogP contribution in [0.25, 0.3) is 0 Å². The maximum atomic E-state index is 5.63. The summed E-state index contributed by atoms with van der Waals surface area (Å²) in [5, 5.41) is 0. The molecule has 0 unspecified atom stereocenters. The van der Waals surface area contributed by atoms with Crippen LogP contribution in [0.4, 0.5) is 0 Å². The quantitative estimate of drug-likeness (QED) is 0.280. The Balaban J connectivity index is 2.67. The van der Waals surface area contributed by atoms with Gasteiger partial charge in [-0.25, -0.2) is 9.78 Å². The zero-order chi connectivity index (χ0) is 15.3. The van der Waals surface area contributed by atoms with Gasteiger partial charge in [-0.05, 0) is 59.5 Å². The van der Waals surface area contributed by atoms with E-state index in [-0.39, 0.29) is 11.2 Å². The molecule has 0 atom stereocenters. The van der Waals surface area contributed by atoms with Crippen LogP contribution < -0.4 is 0 Å². The van der Waals surface area contributed by atoms with Crippen LogP contribution in [0.5, 0.6) is 0 Å². The lowest BCUT2D eigenvalue weighted by atomic mass is 10.0. The van der Waals surface area contributed by atoms with Crippen LogP contribution in [0.1, 0.15) is 73.6 Å². The maximum absolute atomic E-state index is 5.63. The Kier molecular flexibility index (Phi) is 6.20. The molecule has 1 aliphatic rings. The first-order valence-corrected chi connectivity index (χ1v) is 7.65. The zero-order valence-electron chi connectivity index (χ0n) is 13.8. The van der Waals surface area contributed by atoms with Gasteiger partial charge in [-0.1, -0.05) is 19.9 Å². The van der Waals surface area contributed by atoms with Crippen molar-refractivity contribution in [2.45, 2.75) is 90.6 Å². The van der Waals surface area contributed by atoms with Crippen LogP contribution >= 0.6 is 0 Å². The Morgan fingerprint density at radius 3 is 1.80 bits per heavy atom. The van der Waals surface area contributed by atoms with Gasteiger partial charge in [-0.3, -0.25) is 0 Å². The predicted molar refractivity (Wildman–Crippen MR) is 78.8 cm³/mol. The molecule has 20 heavy (non-hydrogen) atoms. The summed E-state index contributed by atoms with van der Waals surface area (Å²) in [4.78, 5) is 22.4. The number of hydrogen-bond acceptors (Lipinski definition) is 4. The van der Waals surface area contributed by atoms with Crippen molar-refractivity contribution in [1.82, 2.24) is 0 Å². The summed E-state index contributed by atoms with van der Waals surface area (Å²) in [6.45, 7) is 12.1. The lowest BCUT2D eigenvalue weighted by Crippen LogP contribution is -2.41. The smallest absolute Gasteiger partial charge is 0.227 e. The van der Waals surface area contributed by atoms with Crippen LogP contribution in [0, 0.1) is 0 Å². The molecule has 4 nitrogen and oxygen atoms in total. The van der Waals surface area contributed by atoms with E-state index in [1.165, 1.54) is 0 Å². The fourth-order valence-corrected chi connectivity index (χ4v) is 1.45. The van der Waals surface area contributed by atoms with E-state index in [1.807, 2.05) is 39.8 Å². The van der Waals surface area contributed by atoms with E-state index in [9.17, 15) is 0 Å². The molecule has 0 bridgehead atoms. The highest BCUT2D eigenvalue weighted by molar-refractivity contribution is 4.99. The van der Waals surface area contributed by atoms with E-state index in [4.69, 9.17) is 19.6 Å². The van der Waals surface area contributed by atoms with Gasteiger partial charge in [-0.15, -0.1) is 0 Å². The third-order valence-corrected chi connectivity index (χ3v) is 3.79. The lowest BCUT2D eigenvalue weighted by Gasteiger charge is -2.35.